The van der Waals surface area contributed by atoms with Gasteiger partial charge in [0.15, 0.2) is 0 Å². The maximum atomic E-state index is 12.1. The predicted octanol–water partition coefficient (Wildman–Crippen LogP) is 1.59. The van der Waals surface area contributed by atoms with Crippen LogP contribution in [0.4, 0.5) is 0 Å². The van der Waals surface area contributed by atoms with Crippen LogP contribution in [0, 0.1) is 0 Å². The molecule has 92 valence electrons. The molecule has 0 amide bonds. The predicted molar refractivity (Wildman–Crippen MR) is 64.9 cm³/mol. The van der Waals surface area contributed by atoms with Crippen LogP contribution >= 0.6 is 0 Å². The van der Waals surface area contributed by atoms with Crippen molar-refractivity contribution in [3.63, 3.8) is 0 Å². The van der Waals surface area contributed by atoms with Crippen LogP contribution in [0.3, 0.4) is 0 Å². The van der Waals surface area contributed by atoms with E-state index in [9.17, 15) is 4.79 Å². The van der Waals surface area contributed by atoms with Gasteiger partial charge in [-0.1, -0.05) is 20.8 Å². The Balaban J connectivity index is 3.37. The summed E-state index contributed by atoms with van der Waals surface area (Å²) in [5.41, 5.74) is 1.53. The van der Waals surface area contributed by atoms with Gasteiger partial charge in [-0.3, -0.25) is 14.6 Å². The molecular formula is C12H22N2O2. The van der Waals surface area contributed by atoms with Gasteiger partial charge in [-0.25, -0.2) is 0 Å². The Morgan fingerprint density at radius 3 is 2.31 bits per heavy atom. The number of hydrogen-bond acceptors (Lipinski definition) is 2. The lowest BCUT2D eigenvalue weighted by Crippen LogP contribution is -2.21. The van der Waals surface area contributed by atoms with Crippen molar-refractivity contribution in [2.75, 3.05) is 6.61 Å². The van der Waals surface area contributed by atoms with Crippen molar-refractivity contribution < 1.29 is 5.11 Å². The summed E-state index contributed by atoms with van der Waals surface area (Å²) in [5, 5.41) is 12.2. The molecule has 0 unspecified atom stereocenters. The Morgan fingerprint density at radius 1 is 1.38 bits per heavy atom. The van der Waals surface area contributed by atoms with Crippen molar-refractivity contribution >= 4 is 0 Å². The molecule has 0 spiro atoms. The summed E-state index contributed by atoms with van der Waals surface area (Å²) < 4.78 is 1.63. The van der Waals surface area contributed by atoms with Crippen LogP contribution in [0.1, 0.15) is 51.9 Å². The molecule has 0 atom stereocenters. The quantitative estimate of drug-likeness (QED) is 0.822. The Hall–Kier alpha value is -1.03. The smallest absolute Gasteiger partial charge is 0.270 e. The molecule has 0 saturated carbocycles. The number of aliphatic hydroxyl groups is 1. The number of nitrogens with zero attached hydrogens (tertiary/aromatic N) is 1. The van der Waals surface area contributed by atoms with Gasteiger partial charge in [-0.05, 0) is 13.8 Å². The third-order valence-electron chi connectivity index (χ3n) is 2.64. The second-order valence-corrected chi connectivity index (χ2v) is 5.46. The fraction of sp³-hybridized carbons (Fsp3) is 0.750. The maximum Gasteiger partial charge on any atom is 0.270 e. The SMILES string of the molecule is CC(C)n1[nH]c(C(C)(C)C)c(CCO)c1=O. The van der Waals surface area contributed by atoms with Crippen LogP contribution in [0.15, 0.2) is 4.79 Å². The molecule has 4 heteroatoms. The first-order chi connectivity index (χ1) is 7.29. The fourth-order valence-electron chi connectivity index (χ4n) is 1.82. The highest BCUT2D eigenvalue weighted by molar-refractivity contribution is 5.24. The average Bonchev–Trinajstić information content (AvgIpc) is 2.44. The average molecular weight is 226 g/mol. The Kier molecular flexibility index (Phi) is 3.63. The maximum absolute atomic E-state index is 12.1. The van der Waals surface area contributed by atoms with Gasteiger partial charge >= 0.3 is 0 Å². The molecule has 16 heavy (non-hydrogen) atoms. The normalized spacial score (nSPS) is 12.4. The number of H-pyrrole nitrogens is 1. The Labute approximate surface area is 96.3 Å². The van der Waals surface area contributed by atoms with E-state index >= 15 is 0 Å². The van der Waals surface area contributed by atoms with E-state index in [1.54, 1.807) is 4.68 Å². The Bertz CT molecular complexity index is 408. The molecule has 1 heterocycles. The van der Waals surface area contributed by atoms with Gasteiger partial charge < -0.3 is 5.11 Å². The number of nitrogens with one attached hydrogen (secondary N) is 1. The molecule has 0 bridgehead atoms. The van der Waals surface area contributed by atoms with E-state index in [2.05, 4.69) is 25.9 Å². The highest BCUT2D eigenvalue weighted by Gasteiger charge is 2.24. The zero-order chi connectivity index (χ0) is 12.5. The number of rotatable bonds is 3. The van der Waals surface area contributed by atoms with Gasteiger partial charge in [0.2, 0.25) is 0 Å². The molecule has 1 rings (SSSR count). The van der Waals surface area contributed by atoms with Crippen LogP contribution in [0.25, 0.3) is 0 Å². The minimum Gasteiger partial charge on any atom is -0.396 e. The highest BCUT2D eigenvalue weighted by Crippen LogP contribution is 2.23. The molecule has 1 aromatic heterocycles. The first-order valence-corrected chi connectivity index (χ1v) is 5.73. The number of aromatic amines is 1. The number of hydrogen-bond donors (Lipinski definition) is 2. The van der Waals surface area contributed by atoms with Crippen LogP contribution in [0.2, 0.25) is 0 Å². The van der Waals surface area contributed by atoms with Crippen molar-refractivity contribution in [2.45, 2.75) is 52.5 Å². The van der Waals surface area contributed by atoms with E-state index in [-0.39, 0.29) is 23.6 Å². The highest BCUT2D eigenvalue weighted by atomic mass is 16.3. The lowest BCUT2D eigenvalue weighted by atomic mass is 9.89. The molecule has 0 fully saturated rings. The summed E-state index contributed by atoms with van der Waals surface area (Å²) >= 11 is 0. The molecule has 0 aliphatic carbocycles. The van der Waals surface area contributed by atoms with Crippen molar-refractivity contribution in [3.8, 4) is 0 Å². The van der Waals surface area contributed by atoms with Gasteiger partial charge in [0.25, 0.3) is 5.56 Å². The van der Waals surface area contributed by atoms with E-state index in [1.165, 1.54) is 0 Å². The lowest BCUT2D eigenvalue weighted by Gasteiger charge is -2.18. The van der Waals surface area contributed by atoms with E-state index in [0.29, 0.717) is 12.0 Å². The summed E-state index contributed by atoms with van der Waals surface area (Å²) in [6.45, 7) is 10.1. The van der Waals surface area contributed by atoms with Crippen LogP contribution in [-0.2, 0) is 11.8 Å². The van der Waals surface area contributed by atoms with E-state index in [4.69, 9.17) is 5.11 Å². The molecule has 2 N–H and O–H groups in total. The van der Waals surface area contributed by atoms with Gasteiger partial charge in [-0.15, -0.1) is 0 Å². The van der Waals surface area contributed by atoms with Gasteiger partial charge in [-0.2, -0.15) is 0 Å². The number of aliphatic hydroxyl groups excluding tert-OH is 1. The minimum atomic E-state index is -0.107. The first kappa shape index (κ1) is 13.0. The molecule has 0 saturated heterocycles. The van der Waals surface area contributed by atoms with Gasteiger partial charge in [0.05, 0.1) is 0 Å². The van der Waals surface area contributed by atoms with Crippen LogP contribution < -0.4 is 5.56 Å². The first-order valence-electron chi connectivity index (χ1n) is 5.73. The zero-order valence-electron chi connectivity index (χ0n) is 10.8. The standard InChI is InChI=1S/C12H22N2O2/c1-8(2)14-11(16)9(6-7-15)10(13-14)12(3,4)5/h8,13,15H,6-7H2,1-5H3. The molecule has 4 nitrogen and oxygen atoms in total. The van der Waals surface area contributed by atoms with E-state index in [0.717, 1.165) is 5.69 Å². The van der Waals surface area contributed by atoms with E-state index in [1.807, 2.05) is 13.8 Å². The molecule has 0 radical (unpaired) electrons. The summed E-state index contributed by atoms with van der Waals surface area (Å²) in [6.07, 6.45) is 0.418. The molecule has 1 aromatic rings. The van der Waals surface area contributed by atoms with E-state index < -0.39 is 0 Å². The topological polar surface area (TPSA) is 58.0 Å². The molecular weight excluding hydrogens is 204 g/mol. The molecule has 0 aromatic carbocycles. The third kappa shape index (κ3) is 2.38. The van der Waals surface area contributed by atoms with Crippen LogP contribution in [0.5, 0.6) is 0 Å². The van der Waals surface area contributed by atoms with Gasteiger partial charge in [0, 0.05) is 35.7 Å². The lowest BCUT2D eigenvalue weighted by molar-refractivity contribution is 0.298. The second kappa shape index (κ2) is 4.45. The summed E-state index contributed by atoms with van der Waals surface area (Å²) in [5.74, 6) is 0. The third-order valence-corrected chi connectivity index (χ3v) is 2.64. The molecule has 0 aliphatic heterocycles. The van der Waals surface area contributed by atoms with Crippen molar-refractivity contribution in [3.05, 3.63) is 21.6 Å². The summed E-state index contributed by atoms with van der Waals surface area (Å²) in [6, 6.07) is 0.112. The van der Waals surface area contributed by atoms with Crippen molar-refractivity contribution in [2.24, 2.45) is 0 Å². The summed E-state index contributed by atoms with van der Waals surface area (Å²) in [4.78, 5) is 12.1. The van der Waals surface area contributed by atoms with Gasteiger partial charge in [0.1, 0.15) is 0 Å². The largest absolute Gasteiger partial charge is 0.396 e. The summed E-state index contributed by atoms with van der Waals surface area (Å²) in [7, 11) is 0. The molecule has 0 aliphatic rings. The van der Waals surface area contributed by atoms with Crippen molar-refractivity contribution in [1.29, 1.82) is 0 Å². The van der Waals surface area contributed by atoms with Crippen LogP contribution in [-0.4, -0.2) is 21.5 Å². The second-order valence-electron chi connectivity index (χ2n) is 5.46. The monoisotopic (exact) mass is 226 g/mol. The zero-order valence-corrected chi connectivity index (χ0v) is 10.8. The minimum absolute atomic E-state index is 0.00558. The van der Waals surface area contributed by atoms with Crippen molar-refractivity contribution in [1.82, 2.24) is 9.78 Å². The fourth-order valence-corrected chi connectivity index (χ4v) is 1.82. The Morgan fingerprint density at radius 2 is 1.94 bits per heavy atom. The number of aromatic nitrogens is 2.